The predicted molar refractivity (Wildman–Crippen MR) is 96.8 cm³/mol. The number of carbonyl (C=O) groups excluding carboxylic acids is 1. The normalized spacial score (nSPS) is 14.5. The van der Waals surface area contributed by atoms with Crippen LogP contribution in [0.3, 0.4) is 0 Å². The van der Waals surface area contributed by atoms with E-state index in [1.165, 1.54) is 0 Å². The molecule has 0 bridgehead atoms. The highest BCUT2D eigenvalue weighted by atomic mass is 16.5. The second-order valence-electron chi connectivity index (χ2n) is 6.18. The molecule has 1 aliphatic heterocycles. The fraction of sp³-hybridized carbons (Fsp3) is 0.263. The Kier molecular flexibility index (Phi) is 4.35. The van der Waals surface area contributed by atoms with Gasteiger partial charge in [-0.05, 0) is 36.4 Å². The number of anilines is 1. The minimum atomic E-state index is -0.00641. The Morgan fingerprint density at radius 2 is 1.81 bits per heavy atom. The summed E-state index contributed by atoms with van der Waals surface area (Å²) in [6.45, 7) is 4.72. The minimum absolute atomic E-state index is 0.00641. The number of rotatable bonds is 3. The van der Waals surface area contributed by atoms with Crippen LogP contribution in [0.25, 0.3) is 11.4 Å². The molecule has 26 heavy (non-hydrogen) atoms. The lowest BCUT2D eigenvalue weighted by Crippen LogP contribution is -2.49. The van der Waals surface area contributed by atoms with Gasteiger partial charge in [-0.3, -0.25) is 9.78 Å². The van der Waals surface area contributed by atoms with Crippen LogP contribution in [-0.2, 0) is 0 Å². The lowest BCUT2D eigenvalue weighted by Gasteiger charge is -2.36. The average Bonchev–Trinajstić information content (AvgIpc) is 3.15. The Balaban J connectivity index is 1.39. The number of pyridine rings is 1. The first-order valence-electron chi connectivity index (χ1n) is 8.57. The number of aromatic nitrogens is 3. The van der Waals surface area contributed by atoms with Crippen LogP contribution in [0.5, 0.6) is 0 Å². The van der Waals surface area contributed by atoms with Gasteiger partial charge in [0.05, 0.1) is 0 Å². The van der Waals surface area contributed by atoms with Gasteiger partial charge >= 0.3 is 0 Å². The Bertz CT molecular complexity index is 884. The molecule has 7 heteroatoms. The third kappa shape index (κ3) is 3.28. The molecule has 7 nitrogen and oxygen atoms in total. The van der Waals surface area contributed by atoms with Crippen LogP contribution in [0.15, 0.2) is 53.2 Å². The lowest BCUT2D eigenvalue weighted by molar-refractivity contribution is 0.0741. The number of aryl methyl sites for hydroxylation is 1. The second-order valence-corrected chi connectivity index (χ2v) is 6.18. The number of piperazine rings is 1. The van der Waals surface area contributed by atoms with Gasteiger partial charge in [0.1, 0.15) is 5.69 Å². The molecule has 1 aromatic carbocycles. The number of hydrogen-bond donors (Lipinski definition) is 0. The zero-order valence-electron chi connectivity index (χ0n) is 14.5. The highest BCUT2D eigenvalue weighted by Crippen LogP contribution is 2.22. The van der Waals surface area contributed by atoms with Gasteiger partial charge in [-0.15, -0.1) is 0 Å². The van der Waals surface area contributed by atoms with Gasteiger partial charge < -0.3 is 14.3 Å². The fourth-order valence-corrected chi connectivity index (χ4v) is 3.06. The van der Waals surface area contributed by atoms with Crippen LogP contribution in [-0.4, -0.2) is 52.1 Å². The summed E-state index contributed by atoms with van der Waals surface area (Å²) in [5.74, 6) is 1.14. The number of nitrogens with zero attached hydrogens (tertiary/aromatic N) is 5. The Morgan fingerprint density at radius 3 is 2.42 bits per heavy atom. The van der Waals surface area contributed by atoms with Crippen molar-refractivity contribution in [3.63, 3.8) is 0 Å². The van der Waals surface area contributed by atoms with Gasteiger partial charge in [0, 0.05) is 50.6 Å². The summed E-state index contributed by atoms with van der Waals surface area (Å²) in [5, 5.41) is 3.94. The molecule has 1 fully saturated rings. The van der Waals surface area contributed by atoms with E-state index >= 15 is 0 Å². The zero-order valence-corrected chi connectivity index (χ0v) is 14.5. The highest BCUT2D eigenvalue weighted by molar-refractivity contribution is 5.92. The van der Waals surface area contributed by atoms with Crippen LogP contribution in [0.1, 0.15) is 16.4 Å². The van der Waals surface area contributed by atoms with Crippen molar-refractivity contribution in [2.24, 2.45) is 0 Å². The maximum absolute atomic E-state index is 12.5. The highest BCUT2D eigenvalue weighted by Gasteiger charge is 2.23. The second kappa shape index (κ2) is 6.95. The van der Waals surface area contributed by atoms with E-state index in [-0.39, 0.29) is 5.91 Å². The first kappa shape index (κ1) is 16.3. The predicted octanol–water partition coefficient (Wildman–Crippen LogP) is 2.40. The molecule has 2 aromatic heterocycles. The summed E-state index contributed by atoms with van der Waals surface area (Å²) in [7, 11) is 0. The molecule has 3 heterocycles. The van der Waals surface area contributed by atoms with Crippen molar-refractivity contribution in [2.45, 2.75) is 6.92 Å². The number of amides is 1. The van der Waals surface area contributed by atoms with Crippen LogP contribution >= 0.6 is 0 Å². The van der Waals surface area contributed by atoms with E-state index in [2.05, 4.69) is 32.2 Å². The first-order valence-corrected chi connectivity index (χ1v) is 8.57. The van der Waals surface area contributed by atoms with Gasteiger partial charge in [-0.25, -0.2) is 0 Å². The monoisotopic (exact) mass is 349 g/mol. The molecule has 0 saturated carbocycles. The molecule has 4 rings (SSSR count). The molecular weight excluding hydrogens is 330 g/mol. The van der Waals surface area contributed by atoms with E-state index in [4.69, 9.17) is 4.52 Å². The van der Waals surface area contributed by atoms with Gasteiger partial charge in [0.2, 0.25) is 11.7 Å². The molecule has 3 aromatic rings. The molecule has 0 unspecified atom stereocenters. The topological polar surface area (TPSA) is 75.4 Å². The molecule has 1 aliphatic rings. The summed E-state index contributed by atoms with van der Waals surface area (Å²) < 4.78 is 5.02. The van der Waals surface area contributed by atoms with Crippen molar-refractivity contribution < 1.29 is 9.32 Å². The summed E-state index contributed by atoms with van der Waals surface area (Å²) >= 11 is 0. The molecule has 132 valence electrons. The number of carbonyl (C=O) groups is 1. The standard InChI is InChI=1S/C19H19N5O2/c1-14-21-18(22-26-14)15-5-7-16(8-6-15)23-10-12-24(13-11-23)19(25)17-4-2-3-9-20-17/h2-9H,10-13H2,1H3. The third-order valence-electron chi connectivity index (χ3n) is 4.47. The summed E-state index contributed by atoms with van der Waals surface area (Å²) in [6, 6.07) is 13.5. The summed E-state index contributed by atoms with van der Waals surface area (Å²) in [5.41, 5.74) is 2.55. The van der Waals surface area contributed by atoms with E-state index in [0.717, 1.165) is 24.3 Å². The van der Waals surface area contributed by atoms with Crippen molar-refractivity contribution in [3.8, 4) is 11.4 Å². The minimum Gasteiger partial charge on any atom is -0.368 e. The van der Waals surface area contributed by atoms with E-state index in [1.54, 1.807) is 19.2 Å². The Morgan fingerprint density at radius 1 is 1.04 bits per heavy atom. The molecule has 0 spiro atoms. The lowest BCUT2D eigenvalue weighted by atomic mass is 10.1. The van der Waals surface area contributed by atoms with Crippen molar-refractivity contribution in [1.82, 2.24) is 20.0 Å². The van der Waals surface area contributed by atoms with Crippen molar-refractivity contribution in [2.75, 3.05) is 31.1 Å². The maximum Gasteiger partial charge on any atom is 0.272 e. The summed E-state index contributed by atoms with van der Waals surface area (Å²) in [6.07, 6.45) is 1.65. The molecule has 0 atom stereocenters. The molecule has 1 amide bonds. The van der Waals surface area contributed by atoms with Crippen molar-refractivity contribution in [1.29, 1.82) is 0 Å². The van der Waals surface area contributed by atoms with E-state index in [1.807, 2.05) is 29.2 Å². The van der Waals surface area contributed by atoms with E-state index < -0.39 is 0 Å². The number of hydrogen-bond acceptors (Lipinski definition) is 6. The third-order valence-corrected chi connectivity index (χ3v) is 4.47. The quantitative estimate of drug-likeness (QED) is 0.723. The Hall–Kier alpha value is -3.22. The van der Waals surface area contributed by atoms with Crippen LogP contribution < -0.4 is 4.90 Å². The van der Waals surface area contributed by atoms with Gasteiger partial charge in [-0.2, -0.15) is 4.98 Å². The largest absolute Gasteiger partial charge is 0.368 e. The number of benzene rings is 1. The van der Waals surface area contributed by atoms with Gasteiger partial charge in [0.15, 0.2) is 0 Å². The molecule has 0 N–H and O–H groups in total. The molecule has 1 saturated heterocycles. The van der Waals surface area contributed by atoms with Gasteiger partial charge in [-0.1, -0.05) is 11.2 Å². The van der Waals surface area contributed by atoms with Gasteiger partial charge in [0.25, 0.3) is 5.91 Å². The van der Waals surface area contributed by atoms with Crippen molar-refractivity contribution in [3.05, 3.63) is 60.2 Å². The zero-order chi connectivity index (χ0) is 17.9. The Labute approximate surface area is 151 Å². The van der Waals surface area contributed by atoms with Crippen LogP contribution in [0.4, 0.5) is 5.69 Å². The van der Waals surface area contributed by atoms with E-state index in [0.29, 0.717) is 30.5 Å². The van der Waals surface area contributed by atoms with Crippen LogP contribution in [0.2, 0.25) is 0 Å². The molecule has 0 aliphatic carbocycles. The van der Waals surface area contributed by atoms with E-state index in [9.17, 15) is 4.79 Å². The average molecular weight is 349 g/mol. The van der Waals surface area contributed by atoms with Crippen molar-refractivity contribution >= 4 is 11.6 Å². The molecule has 0 radical (unpaired) electrons. The smallest absolute Gasteiger partial charge is 0.272 e. The van der Waals surface area contributed by atoms with Crippen LogP contribution in [0, 0.1) is 6.92 Å². The first-order chi connectivity index (χ1) is 12.7. The fourth-order valence-electron chi connectivity index (χ4n) is 3.06. The summed E-state index contributed by atoms with van der Waals surface area (Å²) in [4.78, 5) is 25.0. The molecular formula is C19H19N5O2. The maximum atomic E-state index is 12.5. The SMILES string of the molecule is Cc1nc(-c2ccc(N3CCN(C(=O)c4ccccn4)CC3)cc2)no1.